The minimum atomic E-state index is 0.213. The Hall–Kier alpha value is -4.59. The first kappa shape index (κ1) is 29.4. The zero-order valence-electron chi connectivity index (χ0n) is 24.1. The molecule has 0 fully saturated rings. The van der Waals surface area contributed by atoms with E-state index in [9.17, 15) is 0 Å². The number of nitrogens with one attached hydrogen (secondary N) is 2. The molecule has 0 radical (unpaired) electrons. The molecule has 41 heavy (non-hydrogen) atoms. The van der Waals surface area contributed by atoms with E-state index in [0.717, 1.165) is 54.3 Å². The van der Waals surface area contributed by atoms with Crippen molar-refractivity contribution in [1.29, 1.82) is 5.41 Å². The number of furan rings is 1. The monoisotopic (exact) mass is 553 g/mol. The Morgan fingerprint density at radius 3 is 2.54 bits per heavy atom. The topological polar surface area (TPSA) is 96.0 Å². The predicted molar refractivity (Wildman–Crippen MR) is 166 cm³/mol. The van der Waals surface area contributed by atoms with Crippen LogP contribution in [0.3, 0.4) is 0 Å². The number of benzene rings is 2. The largest absolute Gasteiger partial charge is 0.496 e. The van der Waals surface area contributed by atoms with Gasteiger partial charge < -0.3 is 24.1 Å². The fourth-order valence-corrected chi connectivity index (χ4v) is 4.47. The van der Waals surface area contributed by atoms with Crippen LogP contribution in [0.4, 0.5) is 5.69 Å². The highest BCUT2D eigenvalue weighted by Crippen LogP contribution is 2.36. The first-order valence-electron chi connectivity index (χ1n) is 14.1. The summed E-state index contributed by atoms with van der Waals surface area (Å²) < 4.78 is 17.8. The maximum absolute atomic E-state index is 8.28. The van der Waals surface area contributed by atoms with Gasteiger partial charge in [-0.2, -0.15) is 0 Å². The van der Waals surface area contributed by atoms with Gasteiger partial charge in [-0.3, -0.25) is 15.4 Å². The van der Waals surface area contributed by atoms with Gasteiger partial charge in [-0.15, -0.1) is 0 Å². The van der Waals surface area contributed by atoms with E-state index in [1.807, 2.05) is 80.1 Å². The highest BCUT2D eigenvalue weighted by atomic mass is 16.5. The Balaban J connectivity index is 1.28. The zero-order valence-corrected chi connectivity index (χ0v) is 24.1. The van der Waals surface area contributed by atoms with Gasteiger partial charge in [0.1, 0.15) is 34.5 Å². The van der Waals surface area contributed by atoms with Gasteiger partial charge in [0.2, 0.25) is 0 Å². The third kappa shape index (κ3) is 8.45. The van der Waals surface area contributed by atoms with E-state index in [1.165, 1.54) is 12.8 Å². The van der Waals surface area contributed by atoms with Gasteiger partial charge >= 0.3 is 0 Å². The molecule has 0 saturated carbocycles. The molecule has 8 nitrogen and oxygen atoms in total. The van der Waals surface area contributed by atoms with E-state index < -0.39 is 0 Å². The van der Waals surface area contributed by atoms with Gasteiger partial charge in [0.25, 0.3) is 0 Å². The number of anilines is 1. The minimum Gasteiger partial charge on any atom is -0.496 e. The molecule has 0 spiro atoms. The van der Waals surface area contributed by atoms with Crippen molar-refractivity contribution in [2.45, 2.75) is 32.6 Å². The fraction of sp³-hybridized carbons (Fsp3) is 0.303. The summed E-state index contributed by atoms with van der Waals surface area (Å²) in [6.45, 7) is 4.91. The molecule has 0 unspecified atom stereocenters. The highest BCUT2D eigenvalue weighted by molar-refractivity contribution is 6.05. The van der Waals surface area contributed by atoms with Gasteiger partial charge in [0, 0.05) is 43.7 Å². The van der Waals surface area contributed by atoms with Gasteiger partial charge in [-0.05, 0) is 80.4 Å². The summed E-state index contributed by atoms with van der Waals surface area (Å²) in [4.78, 5) is 10.5. The van der Waals surface area contributed by atoms with Crippen LogP contribution in [0.5, 0.6) is 11.5 Å². The summed E-state index contributed by atoms with van der Waals surface area (Å²) in [5.41, 5.74) is 3.10. The van der Waals surface area contributed by atoms with Crippen LogP contribution in [0.2, 0.25) is 0 Å². The lowest BCUT2D eigenvalue weighted by atomic mass is 10.1. The molecule has 2 N–H and O–H groups in total. The van der Waals surface area contributed by atoms with Crippen molar-refractivity contribution in [3.63, 3.8) is 0 Å². The van der Waals surface area contributed by atoms with Crippen molar-refractivity contribution in [2.75, 3.05) is 39.2 Å². The predicted octanol–water partition coefficient (Wildman–Crippen LogP) is 7.37. The van der Waals surface area contributed by atoms with Crippen LogP contribution >= 0.6 is 0 Å². The first-order chi connectivity index (χ1) is 20.1. The third-order valence-corrected chi connectivity index (χ3v) is 6.70. The Labute approximate surface area is 242 Å². The Morgan fingerprint density at radius 2 is 1.80 bits per heavy atom. The Kier molecular flexibility index (Phi) is 10.9. The molecule has 2 heterocycles. The summed E-state index contributed by atoms with van der Waals surface area (Å²) in [5.74, 6) is 3.18. The number of aliphatic imine (C=N–C) groups is 1. The van der Waals surface area contributed by atoms with Crippen molar-refractivity contribution in [2.24, 2.45) is 4.99 Å². The van der Waals surface area contributed by atoms with E-state index in [2.05, 4.69) is 27.1 Å². The van der Waals surface area contributed by atoms with Crippen LogP contribution in [0.25, 0.3) is 22.6 Å². The molecule has 2 aromatic carbocycles. The Bertz CT molecular complexity index is 1400. The van der Waals surface area contributed by atoms with Crippen molar-refractivity contribution >= 4 is 17.9 Å². The summed E-state index contributed by atoms with van der Waals surface area (Å²) in [5, 5.41) is 11.4. The second kappa shape index (κ2) is 15.3. The standard InChI is InChI=1S/C33H39N5O3/c1-4-38(24-35-2)21-9-5-6-10-22-40-27-15-12-25(13-16-27)30-18-19-31(41-30)28-17-14-26(23-32(28)39-3)37-33(34)29-11-7-8-20-36-29/h7-8,11-20,23-24H,4-6,9-10,21-22H2,1-3H3,(H2,34,37)/b35-24-. The maximum atomic E-state index is 8.28. The van der Waals surface area contributed by atoms with Gasteiger partial charge in [-0.25, -0.2) is 0 Å². The molecule has 0 bridgehead atoms. The van der Waals surface area contributed by atoms with Crippen LogP contribution in [-0.4, -0.2) is 55.9 Å². The average molecular weight is 554 g/mol. The SMILES string of the molecule is CCN(/C=N\C)CCCCCCOc1ccc(-c2ccc(-c3ccc(NC(=N)c4ccccn4)cc3OC)o2)cc1. The molecular weight excluding hydrogens is 514 g/mol. The van der Waals surface area contributed by atoms with Crippen LogP contribution in [0.1, 0.15) is 38.3 Å². The smallest absolute Gasteiger partial charge is 0.148 e. The summed E-state index contributed by atoms with van der Waals surface area (Å²) in [6.07, 6.45) is 8.14. The lowest BCUT2D eigenvalue weighted by Crippen LogP contribution is -2.22. The molecule has 0 amide bonds. The molecule has 0 aliphatic rings. The fourth-order valence-electron chi connectivity index (χ4n) is 4.47. The number of ether oxygens (including phenoxy) is 2. The molecule has 0 saturated heterocycles. The van der Waals surface area contributed by atoms with Crippen LogP contribution in [0, 0.1) is 5.41 Å². The van der Waals surface area contributed by atoms with Crippen LogP contribution < -0.4 is 14.8 Å². The third-order valence-electron chi connectivity index (χ3n) is 6.70. The number of hydrogen-bond donors (Lipinski definition) is 2. The molecule has 214 valence electrons. The number of unbranched alkanes of at least 4 members (excludes halogenated alkanes) is 3. The molecule has 0 aliphatic carbocycles. The number of pyridine rings is 1. The minimum absolute atomic E-state index is 0.213. The highest BCUT2D eigenvalue weighted by Gasteiger charge is 2.13. The quantitative estimate of drug-likeness (QED) is 0.0906. The first-order valence-corrected chi connectivity index (χ1v) is 14.1. The van der Waals surface area contributed by atoms with E-state index in [4.69, 9.17) is 19.3 Å². The van der Waals surface area contributed by atoms with E-state index in [0.29, 0.717) is 23.8 Å². The molecule has 4 rings (SSSR count). The second-order valence-corrected chi connectivity index (χ2v) is 9.58. The van der Waals surface area contributed by atoms with Gasteiger partial charge in [-0.1, -0.05) is 18.9 Å². The van der Waals surface area contributed by atoms with E-state index >= 15 is 0 Å². The van der Waals surface area contributed by atoms with Gasteiger partial charge in [0.05, 0.1) is 25.6 Å². The van der Waals surface area contributed by atoms with E-state index in [1.54, 1.807) is 19.4 Å². The van der Waals surface area contributed by atoms with E-state index in [-0.39, 0.29) is 5.84 Å². The number of hydrogen-bond acceptors (Lipinski definition) is 6. The lowest BCUT2D eigenvalue weighted by molar-refractivity contribution is 0.303. The molecular formula is C33H39N5O3. The molecule has 0 aliphatic heterocycles. The maximum Gasteiger partial charge on any atom is 0.148 e. The number of aromatic nitrogens is 1. The lowest BCUT2D eigenvalue weighted by Gasteiger charge is -2.16. The van der Waals surface area contributed by atoms with Crippen molar-refractivity contribution in [1.82, 2.24) is 9.88 Å². The number of amidine groups is 1. The summed E-state index contributed by atoms with van der Waals surface area (Å²) in [6, 6.07) is 23.0. The second-order valence-electron chi connectivity index (χ2n) is 9.58. The number of methoxy groups -OCH3 is 1. The number of nitrogens with zero attached hydrogens (tertiary/aromatic N) is 3. The van der Waals surface area contributed by atoms with Crippen LogP contribution in [0.15, 0.2) is 88.4 Å². The zero-order chi connectivity index (χ0) is 28.9. The van der Waals surface area contributed by atoms with Crippen LogP contribution in [-0.2, 0) is 0 Å². The van der Waals surface area contributed by atoms with Crippen molar-refractivity contribution in [3.05, 3.63) is 84.7 Å². The van der Waals surface area contributed by atoms with Crippen molar-refractivity contribution in [3.8, 4) is 34.1 Å². The summed E-state index contributed by atoms with van der Waals surface area (Å²) in [7, 11) is 3.44. The summed E-state index contributed by atoms with van der Waals surface area (Å²) >= 11 is 0. The average Bonchev–Trinajstić information content (AvgIpc) is 3.51. The Morgan fingerprint density at radius 1 is 1.00 bits per heavy atom. The molecule has 0 atom stereocenters. The molecule has 2 aromatic heterocycles. The van der Waals surface area contributed by atoms with Crippen molar-refractivity contribution < 1.29 is 13.9 Å². The molecule has 4 aromatic rings. The normalized spacial score (nSPS) is 11.0. The van der Waals surface area contributed by atoms with Gasteiger partial charge in [0.15, 0.2) is 0 Å². The molecule has 8 heteroatoms. The number of rotatable bonds is 15.